The maximum atomic E-state index is 11.0. The number of carbonyl (C=O) groups is 1. The molecule has 0 atom stereocenters. The normalized spacial score (nSPS) is 10.2. The van der Waals surface area contributed by atoms with Gasteiger partial charge in [0, 0.05) is 6.07 Å². The molecule has 1 heterocycles. The van der Waals surface area contributed by atoms with Crippen molar-refractivity contribution in [3.63, 3.8) is 0 Å². The number of hydrogen-bond acceptors (Lipinski definition) is 4. The Balaban J connectivity index is 2.33. The van der Waals surface area contributed by atoms with Crippen molar-refractivity contribution in [1.29, 1.82) is 0 Å². The fourth-order valence-corrected chi connectivity index (χ4v) is 2.06. The van der Waals surface area contributed by atoms with Crippen molar-refractivity contribution in [3.05, 3.63) is 46.1 Å². The van der Waals surface area contributed by atoms with E-state index in [1.807, 2.05) is 19.1 Å². The molecular formula is C13H11BrN2O3. The Labute approximate surface area is 118 Å². The first-order valence-electron chi connectivity index (χ1n) is 5.40. The predicted molar refractivity (Wildman–Crippen MR) is 74.6 cm³/mol. The number of anilines is 1. The number of pyridine rings is 1. The van der Waals surface area contributed by atoms with Gasteiger partial charge in [-0.3, -0.25) is 0 Å². The first-order valence-corrected chi connectivity index (χ1v) is 6.19. The van der Waals surface area contributed by atoms with Crippen LogP contribution in [0.3, 0.4) is 0 Å². The number of benzene rings is 1. The number of carboxylic acid groups (broad SMARTS) is 1. The van der Waals surface area contributed by atoms with Crippen LogP contribution in [0.25, 0.3) is 0 Å². The standard InChI is InChI=1S/C13H11BrN2O3/c1-7-2-3-11(9(14)4-7)19-12-5-8(13(17)18)10(15)6-16-12/h2-6H,15H2,1H3,(H,17,18). The van der Waals surface area contributed by atoms with E-state index >= 15 is 0 Å². The van der Waals surface area contributed by atoms with Gasteiger partial charge in [0.05, 0.1) is 21.9 Å². The van der Waals surface area contributed by atoms with Crippen LogP contribution in [0.15, 0.2) is 34.9 Å². The van der Waals surface area contributed by atoms with Gasteiger partial charge in [0.2, 0.25) is 5.88 Å². The van der Waals surface area contributed by atoms with Gasteiger partial charge < -0.3 is 15.6 Å². The summed E-state index contributed by atoms with van der Waals surface area (Å²) in [5.74, 6) is -0.386. The summed E-state index contributed by atoms with van der Waals surface area (Å²) in [7, 11) is 0. The summed E-state index contributed by atoms with van der Waals surface area (Å²) in [5.41, 5.74) is 6.67. The van der Waals surface area contributed by atoms with Crippen LogP contribution < -0.4 is 10.5 Å². The molecule has 0 unspecified atom stereocenters. The largest absolute Gasteiger partial charge is 0.478 e. The smallest absolute Gasteiger partial charge is 0.338 e. The van der Waals surface area contributed by atoms with Crippen molar-refractivity contribution in [3.8, 4) is 11.6 Å². The number of rotatable bonds is 3. The number of carboxylic acids is 1. The van der Waals surface area contributed by atoms with Gasteiger partial charge in [-0.15, -0.1) is 0 Å². The number of ether oxygens (including phenoxy) is 1. The SMILES string of the molecule is Cc1ccc(Oc2cc(C(=O)O)c(N)cn2)c(Br)c1. The predicted octanol–water partition coefficient (Wildman–Crippen LogP) is 3.23. The highest BCUT2D eigenvalue weighted by Crippen LogP contribution is 2.30. The Kier molecular flexibility index (Phi) is 3.71. The second-order valence-corrected chi connectivity index (χ2v) is 4.81. The van der Waals surface area contributed by atoms with Crippen LogP contribution in [0.5, 0.6) is 11.6 Å². The number of halogens is 1. The minimum Gasteiger partial charge on any atom is -0.478 e. The van der Waals surface area contributed by atoms with E-state index in [4.69, 9.17) is 15.6 Å². The van der Waals surface area contributed by atoms with Gasteiger partial charge in [0.25, 0.3) is 0 Å². The highest BCUT2D eigenvalue weighted by Gasteiger charge is 2.11. The second kappa shape index (κ2) is 5.27. The molecule has 0 saturated carbocycles. The van der Waals surface area contributed by atoms with Crippen LogP contribution in [-0.4, -0.2) is 16.1 Å². The molecule has 98 valence electrons. The molecule has 3 N–H and O–H groups in total. The number of aryl methyl sites for hydroxylation is 1. The summed E-state index contributed by atoms with van der Waals surface area (Å²) in [5, 5.41) is 8.97. The van der Waals surface area contributed by atoms with Crippen molar-refractivity contribution in [2.24, 2.45) is 0 Å². The van der Waals surface area contributed by atoms with E-state index in [0.29, 0.717) is 5.75 Å². The molecule has 0 bridgehead atoms. The van der Waals surface area contributed by atoms with E-state index in [9.17, 15) is 4.79 Å². The van der Waals surface area contributed by atoms with Crippen LogP contribution in [0.2, 0.25) is 0 Å². The minimum atomic E-state index is -1.12. The zero-order valence-electron chi connectivity index (χ0n) is 10.1. The minimum absolute atomic E-state index is 0.0340. The Morgan fingerprint density at radius 2 is 2.16 bits per heavy atom. The molecule has 2 rings (SSSR count). The van der Waals surface area contributed by atoms with Gasteiger partial charge >= 0.3 is 5.97 Å². The maximum absolute atomic E-state index is 11.0. The third-order valence-electron chi connectivity index (χ3n) is 2.44. The van der Waals surface area contributed by atoms with Gasteiger partial charge in [-0.1, -0.05) is 6.07 Å². The number of aromatic carboxylic acids is 1. The third kappa shape index (κ3) is 3.03. The van der Waals surface area contributed by atoms with Crippen molar-refractivity contribution in [2.45, 2.75) is 6.92 Å². The summed E-state index contributed by atoms with van der Waals surface area (Å²) >= 11 is 3.37. The zero-order chi connectivity index (χ0) is 14.0. The molecule has 0 spiro atoms. The monoisotopic (exact) mass is 322 g/mol. The number of aromatic nitrogens is 1. The van der Waals surface area contributed by atoms with Crippen molar-refractivity contribution >= 4 is 27.6 Å². The first-order chi connectivity index (χ1) is 8.97. The maximum Gasteiger partial charge on any atom is 0.338 e. The van der Waals surface area contributed by atoms with Crippen LogP contribution in [0.4, 0.5) is 5.69 Å². The topological polar surface area (TPSA) is 85.4 Å². The fourth-order valence-electron chi connectivity index (χ4n) is 1.49. The molecule has 2 aromatic rings. The number of nitrogens with zero attached hydrogens (tertiary/aromatic N) is 1. The molecule has 0 aliphatic carbocycles. The molecule has 1 aromatic carbocycles. The van der Waals surface area contributed by atoms with Crippen LogP contribution in [-0.2, 0) is 0 Å². The average Bonchev–Trinajstić information content (AvgIpc) is 2.34. The summed E-state index contributed by atoms with van der Waals surface area (Å²) in [6.07, 6.45) is 1.26. The lowest BCUT2D eigenvalue weighted by Gasteiger charge is -2.08. The lowest BCUT2D eigenvalue weighted by Crippen LogP contribution is -2.03. The van der Waals surface area contributed by atoms with Crippen LogP contribution in [0.1, 0.15) is 15.9 Å². The number of hydrogen-bond donors (Lipinski definition) is 2. The highest BCUT2D eigenvalue weighted by atomic mass is 79.9. The van der Waals surface area contributed by atoms with Gasteiger partial charge in [0.15, 0.2) is 0 Å². The number of nitrogen functional groups attached to an aromatic ring is 1. The molecule has 0 radical (unpaired) electrons. The molecule has 0 saturated heterocycles. The van der Waals surface area contributed by atoms with Crippen molar-refractivity contribution in [1.82, 2.24) is 4.98 Å². The zero-order valence-corrected chi connectivity index (χ0v) is 11.6. The highest BCUT2D eigenvalue weighted by molar-refractivity contribution is 9.10. The molecule has 6 heteroatoms. The molecule has 0 aliphatic heterocycles. The molecule has 19 heavy (non-hydrogen) atoms. The van der Waals surface area contributed by atoms with Crippen molar-refractivity contribution < 1.29 is 14.6 Å². The summed E-state index contributed by atoms with van der Waals surface area (Å²) in [6.45, 7) is 1.96. The lowest BCUT2D eigenvalue weighted by molar-refractivity contribution is 0.0697. The Bertz CT molecular complexity index is 644. The Morgan fingerprint density at radius 3 is 2.79 bits per heavy atom. The van der Waals surface area contributed by atoms with Crippen LogP contribution in [0, 0.1) is 6.92 Å². The van der Waals surface area contributed by atoms with Gasteiger partial charge in [0.1, 0.15) is 5.75 Å². The van der Waals surface area contributed by atoms with E-state index in [-0.39, 0.29) is 17.1 Å². The van der Waals surface area contributed by atoms with E-state index in [0.717, 1.165) is 10.0 Å². The lowest BCUT2D eigenvalue weighted by atomic mass is 10.2. The molecule has 0 fully saturated rings. The molecule has 0 aliphatic rings. The van der Waals surface area contributed by atoms with E-state index in [2.05, 4.69) is 20.9 Å². The second-order valence-electron chi connectivity index (χ2n) is 3.95. The molecule has 5 nitrogen and oxygen atoms in total. The van der Waals surface area contributed by atoms with E-state index in [1.165, 1.54) is 12.3 Å². The van der Waals surface area contributed by atoms with E-state index in [1.54, 1.807) is 6.07 Å². The van der Waals surface area contributed by atoms with Crippen molar-refractivity contribution in [2.75, 3.05) is 5.73 Å². The summed E-state index contributed by atoms with van der Waals surface area (Å²) in [6, 6.07) is 6.85. The molecule has 0 amide bonds. The molecule has 1 aromatic heterocycles. The first kappa shape index (κ1) is 13.4. The fraction of sp³-hybridized carbons (Fsp3) is 0.0769. The average molecular weight is 323 g/mol. The van der Waals surface area contributed by atoms with Crippen LogP contribution >= 0.6 is 15.9 Å². The van der Waals surface area contributed by atoms with Gasteiger partial charge in [-0.25, -0.2) is 9.78 Å². The molecular weight excluding hydrogens is 312 g/mol. The van der Waals surface area contributed by atoms with Gasteiger partial charge in [-0.05, 0) is 40.5 Å². The Morgan fingerprint density at radius 1 is 1.42 bits per heavy atom. The summed E-state index contributed by atoms with van der Waals surface area (Å²) < 4.78 is 6.30. The third-order valence-corrected chi connectivity index (χ3v) is 3.06. The van der Waals surface area contributed by atoms with Gasteiger partial charge in [-0.2, -0.15) is 0 Å². The number of nitrogens with two attached hydrogens (primary N) is 1. The quantitative estimate of drug-likeness (QED) is 0.906. The van der Waals surface area contributed by atoms with E-state index < -0.39 is 5.97 Å². The summed E-state index contributed by atoms with van der Waals surface area (Å²) in [4.78, 5) is 14.9. The Hall–Kier alpha value is -2.08.